The minimum atomic E-state index is -1.55. The van der Waals surface area contributed by atoms with Crippen molar-refractivity contribution < 1.29 is 0 Å². The highest BCUT2D eigenvalue weighted by Crippen LogP contribution is 2.35. The monoisotopic (exact) mass is 350 g/mol. The van der Waals surface area contributed by atoms with Gasteiger partial charge in [-0.3, -0.25) is 0 Å². The molecule has 0 bridgehead atoms. The second kappa shape index (κ2) is 8.72. The summed E-state index contributed by atoms with van der Waals surface area (Å²) in [7, 11) is -1.55. The molecule has 25 heavy (non-hydrogen) atoms. The van der Waals surface area contributed by atoms with Gasteiger partial charge in [-0.2, -0.15) is 0 Å². The first kappa shape index (κ1) is 19.8. The van der Waals surface area contributed by atoms with E-state index in [0.717, 1.165) is 12.8 Å². The summed E-state index contributed by atoms with van der Waals surface area (Å²) in [6.07, 6.45) is 11.8. The molecule has 0 atom stereocenters. The molecule has 0 fully saturated rings. The summed E-state index contributed by atoms with van der Waals surface area (Å²) in [5, 5.41) is 0.322. The summed E-state index contributed by atoms with van der Waals surface area (Å²) < 4.78 is 0. The molecule has 1 aromatic rings. The van der Waals surface area contributed by atoms with Gasteiger partial charge in [0, 0.05) is 5.57 Å². The molecule has 0 unspecified atom stereocenters. The number of rotatable bonds is 4. The zero-order chi connectivity index (χ0) is 18.3. The van der Waals surface area contributed by atoms with Gasteiger partial charge in [0.15, 0.2) is 0 Å². The molecule has 0 radical (unpaired) electrons. The second-order valence-corrected chi connectivity index (χ2v) is 13.8. The van der Waals surface area contributed by atoms with Gasteiger partial charge in [0.25, 0.3) is 0 Å². The SMILES string of the molecule is CC(C)(C)[Si](C)(C)C#C/C(CCCc1ccccc1)=C1/C=CCCC1. The average molecular weight is 351 g/mol. The Hall–Kier alpha value is -1.52. The van der Waals surface area contributed by atoms with Crippen molar-refractivity contribution >= 4 is 8.07 Å². The molecule has 0 heterocycles. The first-order chi connectivity index (χ1) is 11.8. The highest BCUT2D eigenvalue weighted by Gasteiger charge is 2.33. The highest BCUT2D eigenvalue weighted by molar-refractivity contribution is 6.87. The van der Waals surface area contributed by atoms with Gasteiger partial charge in [-0.1, -0.05) is 82.3 Å². The molecule has 0 aromatic heterocycles. The Morgan fingerprint density at radius 2 is 1.84 bits per heavy atom. The Morgan fingerprint density at radius 1 is 1.12 bits per heavy atom. The van der Waals surface area contributed by atoms with Gasteiger partial charge >= 0.3 is 0 Å². The molecule has 1 aliphatic carbocycles. The van der Waals surface area contributed by atoms with E-state index in [2.05, 4.69) is 87.8 Å². The van der Waals surface area contributed by atoms with Crippen molar-refractivity contribution in [2.75, 3.05) is 0 Å². The van der Waals surface area contributed by atoms with Gasteiger partial charge in [-0.05, 0) is 54.7 Å². The zero-order valence-electron chi connectivity index (χ0n) is 16.8. The van der Waals surface area contributed by atoms with Gasteiger partial charge in [0.05, 0.1) is 0 Å². The van der Waals surface area contributed by atoms with Crippen molar-refractivity contribution in [1.29, 1.82) is 0 Å². The topological polar surface area (TPSA) is 0 Å². The Kier molecular flexibility index (Phi) is 6.91. The lowest BCUT2D eigenvalue weighted by atomic mass is 9.94. The normalized spacial score (nSPS) is 17.0. The molecule has 0 spiro atoms. The van der Waals surface area contributed by atoms with E-state index in [1.807, 2.05) is 0 Å². The standard InChI is InChI=1S/C24H34Si/c1-24(2,3)25(4,5)20-19-23(22-16-10-7-11-17-22)18-12-15-21-13-8-6-9-14-21/h6,8-10,13-14,16H,7,11-12,15,17-18H2,1-5H3/b23-22-. The van der Waals surface area contributed by atoms with E-state index in [4.69, 9.17) is 0 Å². The second-order valence-electron chi connectivity index (χ2n) is 8.76. The third kappa shape index (κ3) is 6.05. The molecule has 0 saturated heterocycles. The molecule has 0 aliphatic heterocycles. The first-order valence-corrected chi connectivity index (χ1v) is 12.8. The largest absolute Gasteiger partial charge is 0.138 e. The number of aryl methyl sites for hydroxylation is 1. The summed E-state index contributed by atoms with van der Waals surface area (Å²) in [4.78, 5) is 0. The van der Waals surface area contributed by atoms with Crippen LogP contribution in [0.1, 0.15) is 58.4 Å². The zero-order valence-corrected chi connectivity index (χ0v) is 17.8. The van der Waals surface area contributed by atoms with Crippen LogP contribution in [0.25, 0.3) is 0 Å². The van der Waals surface area contributed by atoms with Crippen LogP contribution in [0.5, 0.6) is 0 Å². The molecule has 0 nitrogen and oxygen atoms in total. The van der Waals surface area contributed by atoms with Crippen molar-refractivity contribution in [2.45, 2.75) is 77.4 Å². The van der Waals surface area contributed by atoms with Crippen molar-refractivity contribution in [3.05, 3.63) is 59.2 Å². The Labute approximate surface area is 156 Å². The molecule has 2 rings (SSSR count). The van der Waals surface area contributed by atoms with E-state index < -0.39 is 8.07 Å². The van der Waals surface area contributed by atoms with E-state index in [-0.39, 0.29) is 0 Å². The van der Waals surface area contributed by atoms with E-state index in [0.29, 0.717) is 5.04 Å². The van der Waals surface area contributed by atoms with Crippen molar-refractivity contribution in [2.24, 2.45) is 0 Å². The van der Waals surface area contributed by atoms with Crippen LogP contribution < -0.4 is 0 Å². The lowest BCUT2D eigenvalue weighted by Crippen LogP contribution is -2.35. The predicted octanol–water partition coefficient (Wildman–Crippen LogP) is 7.10. The van der Waals surface area contributed by atoms with E-state index in [1.165, 1.54) is 42.4 Å². The van der Waals surface area contributed by atoms with Gasteiger partial charge in [0.1, 0.15) is 8.07 Å². The molecule has 134 valence electrons. The molecule has 0 amide bonds. The van der Waals surface area contributed by atoms with Gasteiger partial charge in [-0.15, -0.1) is 5.54 Å². The van der Waals surface area contributed by atoms with Gasteiger partial charge in [-0.25, -0.2) is 0 Å². The third-order valence-corrected chi connectivity index (χ3v) is 10.2. The summed E-state index contributed by atoms with van der Waals surface area (Å²) in [5.41, 5.74) is 8.07. The van der Waals surface area contributed by atoms with Crippen molar-refractivity contribution in [1.82, 2.24) is 0 Å². The number of hydrogen-bond acceptors (Lipinski definition) is 0. The van der Waals surface area contributed by atoms with Gasteiger partial charge in [0.2, 0.25) is 0 Å². The van der Waals surface area contributed by atoms with E-state index in [9.17, 15) is 0 Å². The smallest absolute Gasteiger partial charge is 0.126 e. The van der Waals surface area contributed by atoms with Crippen LogP contribution in [0.2, 0.25) is 18.1 Å². The van der Waals surface area contributed by atoms with Crippen molar-refractivity contribution in [3.63, 3.8) is 0 Å². The van der Waals surface area contributed by atoms with Gasteiger partial charge < -0.3 is 0 Å². The lowest BCUT2D eigenvalue weighted by Gasteiger charge is -2.31. The van der Waals surface area contributed by atoms with Crippen LogP contribution >= 0.6 is 0 Å². The Bertz CT molecular complexity index is 672. The summed E-state index contributed by atoms with van der Waals surface area (Å²) in [6, 6.07) is 10.8. The van der Waals surface area contributed by atoms with E-state index in [1.54, 1.807) is 0 Å². The summed E-state index contributed by atoms with van der Waals surface area (Å²) in [6.45, 7) is 11.8. The molecule has 0 saturated carbocycles. The van der Waals surface area contributed by atoms with Crippen LogP contribution in [-0.4, -0.2) is 8.07 Å². The molecule has 1 aromatic carbocycles. The van der Waals surface area contributed by atoms with Crippen LogP contribution in [0.15, 0.2) is 53.6 Å². The quantitative estimate of drug-likeness (QED) is 0.401. The fraction of sp³-hybridized carbons (Fsp3) is 0.500. The fourth-order valence-corrected chi connectivity index (χ4v) is 3.65. The van der Waals surface area contributed by atoms with Crippen LogP contribution in [0.3, 0.4) is 0 Å². The van der Waals surface area contributed by atoms with Crippen LogP contribution in [-0.2, 0) is 6.42 Å². The lowest BCUT2D eigenvalue weighted by molar-refractivity contribution is 0.731. The maximum Gasteiger partial charge on any atom is 0.138 e. The fourth-order valence-electron chi connectivity index (χ4n) is 2.81. The molecular weight excluding hydrogens is 316 g/mol. The minimum Gasteiger partial charge on any atom is -0.126 e. The van der Waals surface area contributed by atoms with Crippen LogP contribution in [0, 0.1) is 11.5 Å². The molecule has 1 heteroatoms. The van der Waals surface area contributed by atoms with Crippen molar-refractivity contribution in [3.8, 4) is 11.5 Å². The summed E-state index contributed by atoms with van der Waals surface area (Å²) >= 11 is 0. The summed E-state index contributed by atoms with van der Waals surface area (Å²) in [5.74, 6) is 3.66. The maximum absolute atomic E-state index is 3.74. The highest BCUT2D eigenvalue weighted by atomic mass is 28.3. The Balaban J connectivity index is 2.15. The number of allylic oxidation sites excluding steroid dienone is 4. The molecule has 0 N–H and O–H groups in total. The maximum atomic E-state index is 3.74. The average Bonchev–Trinajstić information content (AvgIpc) is 2.58. The Morgan fingerprint density at radius 3 is 2.44 bits per heavy atom. The predicted molar refractivity (Wildman–Crippen MR) is 114 cm³/mol. The molecule has 1 aliphatic rings. The number of hydrogen-bond donors (Lipinski definition) is 0. The minimum absolute atomic E-state index is 0.322. The number of benzene rings is 1. The first-order valence-electron chi connectivity index (χ1n) is 9.75. The van der Waals surface area contributed by atoms with Crippen LogP contribution in [0.4, 0.5) is 0 Å². The van der Waals surface area contributed by atoms with E-state index >= 15 is 0 Å². The molecular formula is C24H34Si. The third-order valence-electron chi connectivity index (χ3n) is 5.66.